The lowest BCUT2D eigenvalue weighted by Crippen LogP contribution is -3.00. The highest BCUT2D eigenvalue weighted by Gasteiger charge is 2.38. The van der Waals surface area contributed by atoms with Gasteiger partial charge in [-0.15, -0.1) is 45.3 Å². The number of H-pyrrole nitrogens is 1. The number of carbonyl (C=O) groups excluding carboxylic acids is 5. The molecule has 640 valence electrons. The Balaban J connectivity index is 0.000000211. The molecule has 0 aliphatic carbocycles. The molecule has 0 radical (unpaired) electrons. The van der Waals surface area contributed by atoms with Crippen molar-refractivity contribution in [3.63, 3.8) is 0 Å². The third-order valence-corrected chi connectivity index (χ3v) is 30.9. The minimum Gasteiger partial charge on any atom is -1.00 e. The van der Waals surface area contributed by atoms with Gasteiger partial charge in [0.2, 0.25) is 0 Å². The van der Waals surface area contributed by atoms with Gasteiger partial charge in [0.1, 0.15) is 61.7 Å². The van der Waals surface area contributed by atoms with Crippen LogP contribution in [0.15, 0.2) is 104 Å². The number of nitrogens with zero attached hydrogens (tertiary/aromatic N) is 12. The standard InChI is InChI=1S/C23H38N4O8S2.C20H24N6O2S2.C13H19BrN2O4S2.C12H15N3O.C4H2BrClO2S2.HI/c1-21(2,3)33-18(28)24-27(20(30)35-23(7,8)9)16-10-11-17(36-16)37(31,32)26-14-12-25(13-15-26)19(29)34-22(4,5)6;1-12(2)17-15-9-16(30(27,28)25-6-4-21-5-7-25)29-20(15)24-18(17)14-8-13(3)19-22-11-23-26(19)10-14;1-13(2,3)20-12(17)15-6-8-16(9-7-15)22(18,19)11-5-4-10(14)21-11;1-8(2)4-11(16)10-5-9(3)12-13-7-14-15(12)6-10;5-3-1-2-4(9-3)10(6,7)8;/h10-11H,12-15H2,1-9H3,(H,24,28);8-12,21,24H,4-7H2,1-3H3;4-5H,6-9H2,1-3H3;5-8H,4H2,1-3H3;1-2H;1H/p-1. The van der Waals surface area contributed by atoms with Crippen molar-refractivity contribution in [2.45, 2.75) is 176 Å². The summed E-state index contributed by atoms with van der Waals surface area (Å²) in [5, 5.41) is 13.5. The van der Waals surface area contributed by atoms with Gasteiger partial charge in [0.05, 0.1) is 13.3 Å². The molecule has 3 saturated heterocycles. The molecule has 0 saturated carbocycles. The normalized spacial score (nSPS) is 15.1. The van der Waals surface area contributed by atoms with E-state index < -0.39 is 85.9 Å². The van der Waals surface area contributed by atoms with Crippen LogP contribution in [0.25, 0.3) is 32.8 Å². The number of aromatic amines is 1. The maximum Gasteiger partial charge on any atom is 0.434 e. The number of aromatic nitrogens is 7. The number of ether oxygens (including phenoxy) is 4. The number of anilines is 1. The maximum atomic E-state index is 13.3. The molecule has 3 aliphatic rings. The average molecular weight is 2020 g/mol. The summed E-state index contributed by atoms with van der Waals surface area (Å²) in [7, 11) is -9.37. The zero-order valence-corrected chi connectivity index (χ0v) is 80.1. The first kappa shape index (κ1) is 97.1. The Morgan fingerprint density at radius 3 is 1.44 bits per heavy atom. The predicted octanol–water partition coefficient (Wildman–Crippen LogP) is 11.6. The van der Waals surface area contributed by atoms with Gasteiger partial charge in [-0.3, -0.25) is 4.79 Å². The van der Waals surface area contributed by atoms with Crippen molar-refractivity contribution in [2.24, 2.45) is 5.92 Å². The van der Waals surface area contributed by atoms with Crippen LogP contribution >= 0.6 is 87.9 Å². The van der Waals surface area contributed by atoms with Crippen LogP contribution in [-0.4, -0.2) is 222 Å². The van der Waals surface area contributed by atoms with E-state index in [-0.39, 0.29) is 88.4 Å². The summed E-state index contributed by atoms with van der Waals surface area (Å²) in [4.78, 5) is 77.2. The molecule has 3 fully saturated rings. The first-order chi connectivity index (χ1) is 53.2. The van der Waals surface area contributed by atoms with Crippen LogP contribution in [0.1, 0.15) is 150 Å². The summed E-state index contributed by atoms with van der Waals surface area (Å²) < 4.78 is 130. The second-order valence-corrected chi connectivity index (χ2v) is 47.6. The fraction of sp³-hybridized carbons (Fsp3) is 0.514. The van der Waals surface area contributed by atoms with Crippen LogP contribution in [0.2, 0.25) is 0 Å². The summed E-state index contributed by atoms with van der Waals surface area (Å²) in [6, 6.07) is 15.0. The van der Waals surface area contributed by atoms with Crippen molar-refractivity contribution >= 4 is 184 Å². The quantitative estimate of drug-likeness (QED) is 0.0317. The number of aryl methyl sites for hydroxylation is 2. The number of piperazine rings is 3. The Bertz CT molecular complexity index is 5430. The lowest BCUT2D eigenvalue weighted by atomic mass is 9.97. The van der Waals surface area contributed by atoms with E-state index in [1.807, 2.05) is 46.0 Å². The van der Waals surface area contributed by atoms with Crippen LogP contribution in [0.5, 0.6) is 0 Å². The Morgan fingerprint density at radius 2 is 1.00 bits per heavy atom. The van der Waals surface area contributed by atoms with E-state index in [1.54, 1.807) is 132 Å². The van der Waals surface area contributed by atoms with E-state index in [0.717, 1.165) is 84.7 Å². The Morgan fingerprint density at radius 1 is 0.560 bits per heavy atom. The molecule has 32 nitrogen and oxygen atoms in total. The van der Waals surface area contributed by atoms with E-state index in [2.05, 4.69) is 87.7 Å². The molecule has 0 aromatic carbocycles. The number of carbonyl (C=O) groups is 5. The largest absolute Gasteiger partial charge is 1.00 e. The average Bonchev–Trinajstić information content (AvgIpc) is 1.59. The number of ketones is 1. The summed E-state index contributed by atoms with van der Waals surface area (Å²) in [5.41, 5.74) is 6.97. The highest BCUT2D eigenvalue weighted by molar-refractivity contribution is 9.11. The molecule has 0 spiro atoms. The van der Waals surface area contributed by atoms with Gasteiger partial charge in [0, 0.05) is 125 Å². The molecule has 4 amide bonds. The smallest absolute Gasteiger partial charge is 0.434 e. The summed E-state index contributed by atoms with van der Waals surface area (Å²) in [6.45, 7) is 37.1. The Labute approximate surface area is 731 Å². The van der Waals surface area contributed by atoms with E-state index in [4.69, 9.17) is 29.6 Å². The van der Waals surface area contributed by atoms with E-state index in [0.29, 0.717) is 65.6 Å². The van der Waals surface area contributed by atoms with Crippen molar-refractivity contribution in [3.05, 3.63) is 109 Å². The molecule has 116 heavy (non-hydrogen) atoms. The van der Waals surface area contributed by atoms with Crippen LogP contribution in [-0.2, 0) is 58.1 Å². The number of pyridine rings is 2. The minimum absolute atomic E-state index is 0. The zero-order chi connectivity index (χ0) is 85.5. The SMILES string of the molecule is CC(C)(C)OC(=O)N1CCN(S(=O)(=O)c2ccc(Br)s2)CC1.CC(C)(C)OC(=O)NN(C(=O)OC(C)(C)C)c1ccc(S(=O)(=O)N2CCN(C(=O)OC(C)(C)C)CC2)s1.Cc1cc(-c2[nH]c3sc(S(=O)(=O)N4CCNCC4)cc3c2C(C)C)cn2ncnc12.Cc1cc(C(=O)CC(C)C)cn2ncnc12.O=S(=O)(Cl)c1ccc(Br)s1.[I-]. The van der Waals surface area contributed by atoms with Crippen LogP contribution in [0.3, 0.4) is 0 Å². The second-order valence-electron chi connectivity index (χ2n) is 31.3. The van der Waals surface area contributed by atoms with Gasteiger partial charge in [0.15, 0.2) is 17.1 Å². The predicted molar refractivity (Wildman–Crippen MR) is 453 cm³/mol. The van der Waals surface area contributed by atoms with Gasteiger partial charge >= 0.3 is 24.4 Å². The molecule has 12 heterocycles. The number of fused-ring (bicyclic) bond motifs is 3. The number of hydrogen-bond donors (Lipinski definition) is 3. The first-order valence-electron chi connectivity index (χ1n) is 36.2. The van der Waals surface area contributed by atoms with E-state index >= 15 is 0 Å². The fourth-order valence-electron chi connectivity index (χ4n) is 11.4. The topological polar surface area (TPSA) is 378 Å². The van der Waals surface area contributed by atoms with Gasteiger partial charge < -0.3 is 63.0 Å². The molecule has 0 unspecified atom stereocenters. The highest BCUT2D eigenvalue weighted by Crippen LogP contribution is 2.42. The lowest BCUT2D eigenvalue weighted by Gasteiger charge is -2.34. The van der Waals surface area contributed by atoms with Crippen LogP contribution in [0, 0.1) is 19.8 Å². The van der Waals surface area contributed by atoms with E-state index in [1.165, 1.54) is 60.7 Å². The minimum atomic E-state index is -3.93. The molecule has 3 N–H and O–H groups in total. The number of halogens is 4. The first-order valence-corrected chi connectivity index (χ1v) is 47.7. The Kier molecular flexibility index (Phi) is 33.2. The van der Waals surface area contributed by atoms with Crippen molar-refractivity contribution in [2.75, 3.05) is 83.5 Å². The summed E-state index contributed by atoms with van der Waals surface area (Å²) in [6.07, 6.45) is 4.63. The maximum absolute atomic E-state index is 13.3. The van der Waals surface area contributed by atoms with Gasteiger partial charge in [0.25, 0.3) is 39.1 Å². The Hall–Kier alpha value is -6.05. The third kappa shape index (κ3) is 26.7. The van der Waals surface area contributed by atoms with Crippen LogP contribution < -0.4 is 39.7 Å². The number of amides is 4. The molecule has 12 rings (SSSR count). The van der Waals surface area contributed by atoms with Crippen molar-refractivity contribution in [1.82, 2.24) is 67.6 Å². The fourth-order valence-corrected chi connectivity index (χ4v) is 23.5. The van der Waals surface area contributed by atoms with Crippen LogP contribution in [0.4, 0.5) is 24.2 Å². The lowest BCUT2D eigenvalue weighted by molar-refractivity contribution is -0.000151. The number of hydrazine groups is 1. The van der Waals surface area contributed by atoms with Crippen molar-refractivity contribution in [3.8, 4) is 11.3 Å². The zero-order valence-electron chi connectivity index (χ0n) is 67.4. The summed E-state index contributed by atoms with van der Waals surface area (Å²) in [5.74, 6) is 0.764. The van der Waals surface area contributed by atoms with Gasteiger partial charge in [-0.2, -0.15) is 28.1 Å². The number of sulfonamides is 3. The highest BCUT2D eigenvalue weighted by atomic mass is 127. The molecule has 3 aliphatic heterocycles. The molecule has 44 heteroatoms. The van der Waals surface area contributed by atoms with Crippen molar-refractivity contribution in [1.29, 1.82) is 0 Å². The van der Waals surface area contributed by atoms with E-state index in [9.17, 15) is 57.6 Å². The van der Waals surface area contributed by atoms with Gasteiger partial charge in [-0.05, 0) is 212 Å². The molecule has 9 aromatic heterocycles. The molecule has 0 bridgehead atoms. The number of hydrogen-bond acceptors (Lipinski definition) is 26. The molecular weight excluding hydrogens is 1930 g/mol. The molecule has 0 atom stereocenters. The second kappa shape index (κ2) is 39.6. The number of nitrogens with one attached hydrogen (secondary N) is 3. The molecular formula is C72H98Br2ClIN15O17S8-. The number of rotatable bonds is 13. The summed E-state index contributed by atoms with van der Waals surface area (Å²) >= 11 is 10.8. The van der Waals surface area contributed by atoms with Gasteiger partial charge in [-0.1, -0.05) is 27.7 Å². The van der Waals surface area contributed by atoms with Gasteiger partial charge in [-0.25, -0.2) is 77.3 Å². The number of Topliss-reactive ketones (excluding diaryl/α,β-unsaturated/α-hetero) is 1. The number of thiophene rings is 4. The third-order valence-electron chi connectivity index (χ3n) is 16.3. The monoisotopic (exact) mass is 2020 g/mol. The molecule has 9 aromatic rings. The van der Waals surface area contributed by atoms with Crippen molar-refractivity contribution < 1.29 is 101 Å².